The van der Waals surface area contributed by atoms with Crippen LogP contribution in [0.4, 0.5) is 5.69 Å². The Bertz CT molecular complexity index is 1040. The average Bonchev–Trinajstić information content (AvgIpc) is 2.98. The highest BCUT2D eigenvalue weighted by molar-refractivity contribution is 6.11. The highest BCUT2D eigenvalue weighted by Gasteiger charge is 2.14. The zero-order valence-electron chi connectivity index (χ0n) is 12.5. The number of H-pyrrole nitrogens is 1. The number of fused-ring (bicyclic) bond motifs is 2. The molecule has 0 atom stereocenters. The lowest BCUT2D eigenvalue weighted by molar-refractivity contribution is 0.102. The van der Waals surface area contributed by atoms with Gasteiger partial charge in [0, 0.05) is 10.8 Å². The van der Waals surface area contributed by atoms with E-state index in [0.29, 0.717) is 11.4 Å². The van der Waals surface area contributed by atoms with Crippen molar-refractivity contribution in [3.63, 3.8) is 0 Å². The molecule has 5 nitrogen and oxygen atoms in total. The van der Waals surface area contributed by atoms with Crippen molar-refractivity contribution in [3.8, 4) is 0 Å². The minimum atomic E-state index is -0.251. The first kappa shape index (κ1) is 13.5. The third-order valence-corrected chi connectivity index (χ3v) is 3.78. The van der Waals surface area contributed by atoms with Gasteiger partial charge in [-0.15, -0.1) is 0 Å². The largest absolute Gasteiger partial charge is 0.319 e. The zero-order chi connectivity index (χ0) is 15.8. The quantitative estimate of drug-likeness (QED) is 0.593. The normalized spacial score (nSPS) is 11.0. The molecule has 0 aliphatic rings. The molecular weight excluding hydrogens is 288 g/mol. The van der Waals surface area contributed by atoms with E-state index < -0.39 is 0 Å². The minimum absolute atomic E-state index is 0.251. The van der Waals surface area contributed by atoms with E-state index in [0.717, 1.165) is 27.4 Å². The first-order valence-electron chi connectivity index (χ1n) is 7.31. The second kappa shape index (κ2) is 5.21. The molecule has 0 radical (unpaired) electrons. The molecule has 2 aromatic heterocycles. The predicted molar refractivity (Wildman–Crippen MR) is 90.5 cm³/mol. The number of aromatic amines is 1. The van der Waals surface area contributed by atoms with Crippen LogP contribution in [-0.4, -0.2) is 21.1 Å². The fourth-order valence-corrected chi connectivity index (χ4v) is 2.63. The van der Waals surface area contributed by atoms with Crippen LogP contribution in [0.2, 0.25) is 0 Å². The highest BCUT2D eigenvalue weighted by Crippen LogP contribution is 2.20. The monoisotopic (exact) mass is 302 g/mol. The summed E-state index contributed by atoms with van der Waals surface area (Å²) in [5.74, 6) is -0.251. The number of rotatable bonds is 2. The highest BCUT2D eigenvalue weighted by atomic mass is 16.1. The maximum absolute atomic E-state index is 12.5. The third-order valence-electron chi connectivity index (χ3n) is 3.78. The lowest BCUT2D eigenvalue weighted by Gasteiger charge is -2.05. The molecule has 0 bridgehead atoms. The van der Waals surface area contributed by atoms with Crippen LogP contribution in [0.25, 0.3) is 21.8 Å². The topological polar surface area (TPSA) is 70.7 Å². The van der Waals surface area contributed by atoms with Crippen LogP contribution in [0.15, 0.2) is 54.7 Å². The van der Waals surface area contributed by atoms with Crippen molar-refractivity contribution in [1.82, 2.24) is 15.2 Å². The fraction of sp³-hybridized carbons (Fsp3) is 0.0556. The van der Waals surface area contributed by atoms with E-state index in [1.165, 1.54) is 0 Å². The summed E-state index contributed by atoms with van der Waals surface area (Å²) >= 11 is 0. The summed E-state index contributed by atoms with van der Waals surface area (Å²) in [4.78, 5) is 16.9. The van der Waals surface area contributed by atoms with Crippen molar-refractivity contribution in [2.75, 3.05) is 5.32 Å². The van der Waals surface area contributed by atoms with Crippen LogP contribution < -0.4 is 5.32 Å². The first-order chi connectivity index (χ1) is 11.2. The van der Waals surface area contributed by atoms with Gasteiger partial charge >= 0.3 is 0 Å². The Balaban J connectivity index is 1.69. The molecule has 0 unspecified atom stereocenters. The number of aromatic nitrogens is 3. The van der Waals surface area contributed by atoms with Crippen LogP contribution in [0.3, 0.4) is 0 Å². The van der Waals surface area contributed by atoms with Crippen molar-refractivity contribution >= 4 is 33.4 Å². The second-order valence-electron chi connectivity index (χ2n) is 5.49. The van der Waals surface area contributed by atoms with Gasteiger partial charge in [-0.3, -0.25) is 14.9 Å². The Morgan fingerprint density at radius 1 is 1.13 bits per heavy atom. The number of para-hydroxylation sites is 1. The summed E-state index contributed by atoms with van der Waals surface area (Å²) in [6.07, 6.45) is 1.65. The Labute approximate surface area is 132 Å². The standard InChI is InChI=1S/C18H14N4O/c1-11-6-7-16-14(8-11)17(22-21-16)18(23)20-13-9-12-4-2-3-5-15(12)19-10-13/h2-10H,1H3,(H,20,23)(H,21,22). The Hall–Kier alpha value is -3.21. The SMILES string of the molecule is Cc1ccc2[nH]nc(C(=O)Nc3cnc4ccccc4c3)c2c1. The van der Waals surface area contributed by atoms with Gasteiger partial charge in [-0.05, 0) is 31.2 Å². The van der Waals surface area contributed by atoms with E-state index in [1.54, 1.807) is 6.20 Å². The number of pyridine rings is 1. The van der Waals surface area contributed by atoms with E-state index in [4.69, 9.17) is 0 Å². The Morgan fingerprint density at radius 2 is 2.00 bits per heavy atom. The van der Waals surface area contributed by atoms with Crippen molar-refractivity contribution < 1.29 is 4.79 Å². The number of aryl methyl sites for hydroxylation is 1. The van der Waals surface area contributed by atoms with Crippen LogP contribution in [-0.2, 0) is 0 Å². The van der Waals surface area contributed by atoms with Crippen molar-refractivity contribution in [2.45, 2.75) is 6.92 Å². The summed E-state index contributed by atoms with van der Waals surface area (Å²) in [6.45, 7) is 1.99. The van der Waals surface area contributed by atoms with Gasteiger partial charge in [0.25, 0.3) is 5.91 Å². The fourth-order valence-electron chi connectivity index (χ4n) is 2.63. The molecule has 0 fully saturated rings. The molecule has 5 heteroatoms. The van der Waals surface area contributed by atoms with Gasteiger partial charge < -0.3 is 5.32 Å². The van der Waals surface area contributed by atoms with Crippen molar-refractivity contribution in [3.05, 3.63) is 66.0 Å². The molecule has 2 heterocycles. The van der Waals surface area contributed by atoms with Gasteiger partial charge in [-0.1, -0.05) is 29.8 Å². The average molecular weight is 302 g/mol. The van der Waals surface area contributed by atoms with Crippen LogP contribution in [0.1, 0.15) is 16.1 Å². The number of amides is 1. The number of benzene rings is 2. The molecule has 2 aromatic carbocycles. The number of carbonyl (C=O) groups is 1. The number of anilines is 1. The molecule has 112 valence electrons. The van der Waals surface area contributed by atoms with Crippen molar-refractivity contribution in [1.29, 1.82) is 0 Å². The van der Waals surface area contributed by atoms with Gasteiger partial charge in [-0.2, -0.15) is 5.10 Å². The maximum Gasteiger partial charge on any atom is 0.276 e. The van der Waals surface area contributed by atoms with E-state index >= 15 is 0 Å². The molecule has 0 spiro atoms. The Kier molecular flexibility index (Phi) is 3.05. The zero-order valence-corrected chi connectivity index (χ0v) is 12.5. The van der Waals surface area contributed by atoms with E-state index in [-0.39, 0.29) is 5.91 Å². The number of hydrogen-bond donors (Lipinski definition) is 2. The maximum atomic E-state index is 12.5. The molecule has 23 heavy (non-hydrogen) atoms. The Morgan fingerprint density at radius 3 is 2.91 bits per heavy atom. The summed E-state index contributed by atoms with van der Waals surface area (Å²) < 4.78 is 0. The molecule has 0 aliphatic carbocycles. The van der Waals surface area contributed by atoms with Crippen LogP contribution in [0.5, 0.6) is 0 Å². The molecule has 1 amide bonds. The van der Waals surface area contributed by atoms with E-state index in [9.17, 15) is 4.79 Å². The molecule has 0 saturated carbocycles. The van der Waals surface area contributed by atoms with Gasteiger partial charge in [0.2, 0.25) is 0 Å². The van der Waals surface area contributed by atoms with Gasteiger partial charge in [-0.25, -0.2) is 0 Å². The summed E-state index contributed by atoms with van der Waals surface area (Å²) in [6, 6.07) is 15.5. The molecule has 4 rings (SSSR count). The number of carbonyl (C=O) groups excluding carboxylic acids is 1. The second-order valence-corrected chi connectivity index (χ2v) is 5.49. The summed E-state index contributed by atoms with van der Waals surface area (Å²) in [5.41, 5.74) is 3.86. The summed E-state index contributed by atoms with van der Waals surface area (Å²) in [7, 11) is 0. The molecule has 0 saturated heterocycles. The summed E-state index contributed by atoms with van der Waals surface area (Å²) in [5, 5.41) is 11.7. The van der Waals surface area contributed by atoms with Gasteiger partial charge in [0.15, 0.2) is 5.69 Å². The minimum Gasteiger partial charge on any atom is -0.319 e. The first-order valence-corrected chi connectivity index (χ1v) is 7.31. The molecule has 4 aromatic rings. The van der Waals surface area contributed by atoms with Crippen molar-refractivity contribution in [2.24, 2.45) is 0 Å². The molecular formula is C18H14N4O. The molecule has 2 N–H and O–H groups in total. The lowest BCUT2D eigenvalue weighted by atomic mass is 10.1. The number of nitrogens with one attached hydrogen (secondary N) is 2. The van der Waals surface area contributed by atoms with E-state index in [1.807, 2.05) is 55.5 Å². The number of hydrogen-bond acceptors (Lipinski definition) is 3. The van der Waals surface area contributed by atoms with Gasteiger partial charge in [0.1, 0.15) is 0 Å². The van der Waals surface area contributed by atoms with Gasteiger partial charge in [0.05, 0.1) is 22.9 Å². The number of nitrogens with zero attached hydrogens (tertiary/aromatic N) is 2. The smallest absolute Gasteiger partial charge is 0.276 e. The van der Waals surface area contributed by atoms with Crippen LogP contribution in [0, 0.1) is 6.92 Å². The lowest BCUT2D eigenvalue weighted by Crippen LogP contribution is -2.13. The van der Waals surface area contributed by atoms with E-state index in [2.05, 4.69) is 20.5 Å². The third kappa shape index (κ3) is 2.42. The molecule has 0 aliphatic heterocycles. The predicted octanol–water partition coefficient (Wildman–Crippen LogP) is 3.67. The van der Waals surface area contributed by atoms with Crippen LogP contribution >= 0.6 is 0 Å².